The monoisotopic (exact) mass is 731 g/mol. The summed E-state index contributed by atoms with van der Waals surface area (Å²) in [4.78, 5) is 31.3. The van der Waals surface area contributed by atoms with E-state index in [1.165, 1.54) is 70.6 Å². The second kappa shape index (κ2) is 21.6. The molecule has 0 saturated heterocycles. The number of hydrogen-bond donors (Lipinski definition) is 2. The van der Waals surface area contributed by atoms with Crippen LogP contribution in [0.25, 0.3) is 11.0 Å². The molecular formula is C43H61N3O5S. The first-order valence-electron chi connectivity index (χ1n) is 19.8. The van der Waals surface area contributed by atoms with E-state index in [4.69, 9.17) is 26.4 Å². The Labute approximate surface area is 316 Å². The van der Waals surface area contributed by atoms with Crippen molar-refractivity contribution in [1.29, 1.82) is 0 Å². The normalized spacial score (nSPS) is 14.5. The Kier molecular flexibility index (Phi) is 17.0. The van der Waals surface area contributed by atoms with Gasteiger partial charge in [-0.25, -0.2) is 9.59 Å². The zero-order valence-electron chi connectivity index (χ0n) is 32.2. The molecule has 0 amide bonds. The van der Waals surface area contributed by atoms with E-state index in [1.54, 1.807) is 13.8 Å². The number of dihydropyridines is 1. The number of benzene rings is 2. The number of para-hydroxylation sites is 2. The van der Waals surface area contributed by atoms with Crippen molar-refractivity contribution in [3.8, 4) is 5.75 Å². The van der Waals surface area contributed by atoms with Crippen molar-refractivity contribution >= 4 is 35.2 Å². The van der Waals surface area contributed by atoms with Crippen LogP contribution in [-0.4, -0.2) is 41.3 Å². The van der Waals surface area contributed by atoms with Crippen LogP contribution >= 0.6 is 12.2 Å². The minimum Gasteiger partial charge on any atom is -0.494 e. The minimum atomic E-state index is -0.770. The number of ether oxygens (including phenoxy) is 3. The van der Waals surface area contributed by atoms with Crippen LogP contribution < -0.4 is 10.1 Å². The third-order valence-corrected chi connectivity index (χ3v) is 10.3. The first-order chi connectivity index (χ1) is 25.4. The Morgan fingerprint density at radius 1 is 0.731 bits per heavy atom. The van der Waals surface area contributed by atoms with Crippen molar-refractivity contribution in [1.82, 2.24) is 14.9 Å². The van der Waals surface area contributed by atoms with Crippen molar-refractivity contribution < 1.29 is 23.8 Å². The molecule has 3 aromatic rings. The summed E-state index contributed by atoms with van der Waals surface area (Å²) in [5, 5.41) is 3.43. The van der Waals surface area contributed by atoms with E-state index in [9.17, 15) is 9.59 Å². The lowest BCUT2D eigenvalue weighted by molar-refractivity contribution is -0.139. The van der Waals surface area contributed by atoms with Crippen LogP contribution in [0.4, 0.5) is 0 Å². The summed E-state index contributed by atoms with van der Waals surface area (Å²) in [6.45, 7) is 10.8. The van der Waals surface area contributed by atoms with E-state index in [2.05, 4.69) is 23.3 Å². The van der Waals surface area contributed by atoms with Crippen molar-refractivity contribution in [3.63, 3.8) is 0 Å². The molecule has 0 saturated carbocycles. The summed E-state index contributed by atoms with van der Waals surface area (Å²) in [6.07, 6.45) is 17.5. The van der Waals surface area contributed by atoms with E-state index in [-0.39, 0.29) is 19.8 Å². The van der Waals surface area contributed by atoms with Gasteiger partial charge >= 0.3 is 11.9 Å². The van der Waals surface area contributed by atoms with Gasteiger partial charge in [0.2, 0.25) is 0 Å². The number of carbonyl (C=O) groups is 2. The van der Waals surface area contributed by atoms with Gasteiger partial charge in [0.05, 0.1) is 54.5 Å². The number of rotatable bonds is 23. The van der Waals surface area contributed by atoms with Gasteiger partial charge in [-0.3, -0.25) is 0 Å². The molecule has 2 heterocycles. The SMILES string of the molecule is CCCCCCCCCCCCCCCc1cccc(OCC)c1C1C(C(=O)OCC)=C(C)NC(Cn2c(=S)[nH]c3ccccc32)=C1C(=O)OCC. The fourth-order valence-corrected chi connectivity index (χ4v) is 7.68. The predicted octanol–water partition coefficient (Wildman–Crippen LogP) is 10.8. The van der Waals surface area contributed by atoms with Gasteiger partial charge in [0, 0.05) is 17.0 Å². The van der Waals surface area contributed by atoms with Gasteiger partial charge in [-0.2, -0.15) is 0 Å². The molecule has 0 aliphatic carbocycles. The molecule has 1 aromatic heterocycles. The lowest BCUT2D eigenvalue weighted by Gasteiger charge is -2.33. The molecule has 52 heavy (non-hydrogen) atoms. The molecule has 0 spiro atoms. The van der Waals surface area contributed by atoms with Crippen LogP contribution in [0.15, 0.2) is 65.0 Å². The Morgan fingerprint density at radius 3 is 1.94 bits per heavy atom. The van der Waals surface area contributed by atoms with Gasteiger partial charge in [-0.05, 0) is 76.5 Å². The van der Waals surface area contributed by atoms with Gasteiger partial charge in [0.1, 0.15) is 5.75 Å². The van der Waals surface area contributed by atoms with E-state index in [1.807, 2.05) is 54.8 Å². The maximum absolute atomic E-state index is 14.2. The number of aromatic nitrogens is 2. The van der Waals surface area contributed by atoms with Crippen LogP contribution in [0.3, 0.4) is 0 Å². The van der Waals surface area contributed by atoms with Gasteiger partial charge in [-0.15, -0.1) is 0 Å². The van der Waals surface area contributed by atoms with Crippen LogP contribution in [0.5, 0.6) is 5.75 Å². The molecule has 2 N–H and O–H groups in total. The standard InChI is InChI=1S/C43H61N3O5S/c1-6-10-11-12-13-14-15-16-17-18-19-20-21-25-32-26-24-29-36(49-7-2)38(32)40-37(41(47)50-8-3)31(5)44-34(39(40)42(48)51-9-4)30-46-35-28-23-22-27-33(35)45-43(46)52/h22-24,26-29,40,44H,6-21,25,30H2,1-5H3,(H,45,52). The topological polar surface area (TPSA) is 94.6 Å². The number of aromatic amines is 1. The van der Waals surface area contributed by atoms with Crippen LogP contribution in [0, 0.1) is 4.77 Å². The van der Waals surface area contributed by atoms with E-state index in [0.717, 1.165) is 41.4 Å². The molecule has 0 bridgehead atoms. The van der Waals surface area contributed by atoms with Gasteiger partial charge in [0.15, 0.2) is 4.77 Å². The smallest absolute Gasteiger partial charge is 0.336 e. The van der Waals surface area contributed by atoms with Gasteiger partial charge in [0.25, 0.3) is 0 Å². The highest BCUT2D eigenvalue weighted by atomic mass is 32.1. The van der Waals surface area contributed by atoms with E-state index >= 15 is 0 Å². The molecule has 2 aromatic carbocycles. The fourth-order valence-electron chi connectivity index (χ4n) is 7.41. The van der Waals surface area contributed by atoms with Crippen LogP contribution in [0.1, 0.15) is 135 Å². The quantitative estimate of drug-likeness (QED) is 0.0569. The van der Waals surface area contributed by atoms with Crippen LogP contribution in [-0.2, 0) is 32.0 Å². The van der Waals surface area contributed by atoms with Gasteiger partial charge < -0.3 is 29.1 Å². The fraction of sp³-hybridized carbons (Fsp3) is 0.558. The first-order valence-corrected chi connectivity index (χ1v) is 20.2. The lowest BCUT2D eigenvalue weighted by atomic mass is 9.77. The molecule has 1 aliphatic heterocycles. The average Bonchev–Trinajstić information content (AvgIpc) is 3.44. The highest BCUT2D eigenvalue weighted by Crippen LogP contribution is 2.45. The summed E-state index contributed by atoms with van der Waals surface area (Å²) < 4.78 is 20.2. The number of imidazole rings is 1. The lowest BCUT2D eigenvalue weighted by Crippen LogP contribution is -2.35. The second-order valence-corrected chi connectivity index (χ2v) is 14.1. The number of aryl methyl sites for hydroxylation is 1. The predicted molar refractivity (Wildman–Crippen MR) is 213 cm³/mol. The number of nitrogens with one attached hydrogen (secondary N) is 2. The third-order valence-electron chi connectivity index (χ3n) is 9.93. The Balaban J connectivity index is 1.65. The van der Waals surface area contributed by atoms with Crippen molar-refractivity contribution in [2.24, 2.45) is 0 Å². The highest BCUT2D eigenvalue weighted by molar-refractivity contribution is 7.71. The number of allylic oxidation sites excluding steroid dienone is 2. The molecule has 0 fully saturated rings. The van der Waals surface area contributed by atoms with Crippen LogP contribution in [0.2, 0.25) is 0 Å². The molecule has 1 aliphatic rings. The number of carbonyl (C=O) groups excluding carboxylic acids is 2. The number of H-pyrrole nitrogens is 1. The van der Waals surface area contributed by atoms with Crippen molar-refractivity contribution in [2.45, 2.75) is 137 Å². The Hall–Kier alpha value is -3.85. The molecule has 1 unspecified atom stereocenters. The number of unbranched alkanes of at least 4 members (excludes halogenated alkanes) is 12. The molecular weight excluding hydrogens is 671 g/mol. The molecule has 9 heteroatoms. The summed E-state index contributed by atoms with van der Waals surface area (Å²) in [7, 11) is 0. The summed E-state index contributed by atoms with van der Waals surface area (Å²) in [5.41, 5.74) is 5.67. The minimum absolute atomic E-state index is 0.186. The Morgan fingerprint density at radius 2 is 1.33 bits per heavy atom. The largest absolute Gasteiger partial charge is 0.494 e. The molecule has 0 radical (unpaired) electrons. The maximum Gasteiger partial charge on any atom is 0.336 e. The van der Waals surface area contributed by atoms with Crippen molar-refractivity contribution in [3.05, 3.63) is 80.9 Å². The molecule has 4 rings (SSSR count). The zero-order valence-corrected chi connectivity index (χ0v) is 33.1. The molecule has 8 nitrogen and oxygen atoms in total. The van der Waals surface area contributed by atoms with E-state index in [0.29, 0.717) is 39.7 Å². The molecule has 284 valence electrons. The zero-order chi connectivity index (χ0) is 37.3. The van der Waals surface area contributed by atoms with Gasteiger partial charge in [-0.1, -0.05) is 108 Å². The summed E-state index contributed by atoms with van der Waals surface area (Å²) >= 11 is 5.76. The third kappa shape index (κ3) is 10.8. The first kappa shape index (κ1) is 40.9. The number of fused-ring (bicyclic) bond motifs is 1. The summed E-state index contributed by atoms with van der Waals surface area (Å²) in [5.74, 6) is -1.08. The number of nitrogens with zero attached hydrogens (tertiary/aromatic N) is 1. The number of esters is 2. The molecule has 1 atom stereocenters. The van der Waals surface area contributed by atoms with Crippen molar-refractivity contribution in [2.75, 3.05) is 19.8 Å². The second-order valence-electron chi connectivity index (χ2n) is 13.7. The number of hydrogen-bond acceptors (Lipinski definition) is 7. The highest BCUT2D eigenvalue weighted by Gasteiger charge is 2.41. The maximum atomic E-state index is 14.2. The Bertz CT molecular complexity index is 1740. The summed E-state index contributed by atoms with van der Waals surface area (Å²) in [6, 6.07) is 13.9. The van der Waals surface area contributed by atoms with E-state index < -0.39 is 17.9 Å². The average molecular weight is 732 g/mol.